The number of morpholine rings is 1. The van der Waals surface area contributed by atoms with Gasteiger partial charge < -0.3 is 4.74 Å². The highest BCUT2D eigenvalue weighted by Gasteiger charge is 2.25. The molecule has 5 nitrogen and oxygen atoms in total. The van der Waals surface area contributed by atoms with E-state index in [4.69, 9.17) is 4.74 Å². The van der Waals surface area contributed by atoms with Gasteiger partial charge in [0.1, 0.15) is 0 Å². The molecule has 1 N–H and O–H groups in total. The minimum Gasteiger partial charge on any atom is -0.379 e. The minimum absolute atomic E-state index is 0.242. The summed E-state index contributed by atoms with van der Waals surface area (Å²) in [4.78, 5) is 0. The molecule has 6 heteroatoms. The van der Waals surface area contributed by atoms with E-state index < -0.39 is 10.2 Å². The van der Waals surface area contributed by atoms with Gasteiger partial charge in [-0.3, -0.25) is 0 Å². The third-order valence-electron chi connectivity index (χ3n) is 3.52. The van der Waals surface area contributed by atoms with Crippen LogP contribution in [-0.2, 0) is 21.4 Å². The van der Waals surface area contributed by atoms with E-state index in [9.17, 15) is 8.42 Å². The molecule has 1 heterocycles. The number of benzene rings is 1. The van der Waals surface area contributed by atoms with E-state index in [1.807, 2.05) is 31.2 Å². The normalized spacial score (nSPS) is 18.9. The third kappa shape index (κ3) is 3.79. The Balaban J connectivity index is 2.03. The summed E-state index contributed by atoms with van der Waals surface area (Å²) < 4.78 is 33.8. The second-order valence-corrected chi connectivity index (χ2v) is 6.65. The summed E-state index contributed by atoms with van der Waals surface area (Å²) in [5.74, 6) is 0. The molecule has 2 rings (SSSR count). The second kappa shape index (κ2) is 6.67. The van der Waals surface area contributed by atoms with Gasteiger partial charge in [0.25, 0.3) is 10.2 Å². The van der Waals surface area contributed by atoms with E-state index in [1.54, 1.807) is 0 Å². The molecule has 0 radical (unpaired) electrons. The number of hydrogen-bond donors (Lipinski definition) is 1. The first kappa shape index (κ1) is 15.4. The van der Waals surface area contributed by atoms with Crippen molar-refractivity contribution in [3.05, 3.63) is 35.4 Å². The predicted molar refractivity (Wildman–Crippen MR) is 78.7 cm³/mol. The van der Waals surface area contributed by atoms with Gasteiger partial charge in [0.05, 0.1) is 13.2 Å². The molecular formula is C14H22N2O3S. The molecule has 1 unspecified atom stereocenters. The number of rotatable bonds is 5. The van der Waals surface area contributed by atoms with Crippen molar-refractivity contribution in [3.8, 4) is 0 Å². The minimum atomic E-state index is -3.44. The Morgan fingerprint density at radius 3 is 2.40 bits per heavy atom. The fourth-order valence-electron chi connectivity index (χ4n) is 2.19. The van der Waals surface area contributed by atoms with Crippen LogP contribution in [0, 0.1) is 0 Å². The molecule has 1 saturated heterocycles. The molecule has 0 aliphatic carbocycles. The van der Waals surface area contributed by atoms with Crippen LogP contribution in [0.2, 0.25) is 0 Å². The third-order valence-corrected chi connectivity index (χ3v) is 5.22. The van der Waals surface area contributed by atoms with Gasteiger partial charge in [-0.25, -0.2) is 0 Å². The molecule has 112 valence electrons. The van der Waals surface area contributed by atoms with E-state index in [0.717, 1.165) is 12.0 Å². The average molecular weight is 298 g/mol. The van der Waals surface area contributed by atoms with E-state index in [2.05, 4.69) is 11.6 Å². The number of nitrogens with one attached hydrogen (secondary N) is 1. The molecular weight excluding hydrogens is 276 g/mol. The molecule has 0 bridgehead atoms. The molecule has 20 heavy (non-hydrogen) atoms. The van der Waals surface area contributed by atoms with Crippen LogP contribution in [0.1, 0.15) is 31.0 Å². The van der Waals surface area contributed by atoms with Crippen molar-refractivity contribution in [1.29, 1.82) is 0 Å². The average Bonchev–Trinajstić information content (AvgIpc) is 2.48. The molecule has 1 aromatic carbocycles. The zero-order valence-corrected chi connectivity index (χ0v) is 12.8. The van der Waals surface area contributed by atoms with Gasteiger partial charge in [-0.15, -0.1) is 0 Å². The van der Waals surface area contributed by atoms with Crippen LogP contribution in [0.5, 0.6) is 0 Å². The van der Waals surface area contributed by atoms with Crippen molar-refractivity contribution in [2.24, 2.45) is 0 Å². The quantitative estimate of drug-likeness (QED) is 0.895. The molecule has 1 aliphatic rings. The Morgan fingerprint density at radius 2 is 1.85 bits per heavy atom. The van der Waals surface area contributed by atoms with Crippen molar-refractivity contribution in [3.63, 3.8) is 0 Å². The monoisotopic (exact) mass is 298 g/mol. The lowest BCUT2D eigenvalue weighted by Gasteiger charge is -2.27. The maximum atomic E-state index is 12.3. The lowest BCUT2D eigenvalue weighted by molar-refractivity contribution is 0.0723. The molecule has 0 spiro atoms. The summed E-state index contributed by atoms with van der Waals surface area (Å²) in [6, 6.07) is 7.79. The summed E-state index contributed by atoms with van der Waals surface area (Å²) in [5, 5.41) is 0. The number of ether oxygens (including phenoxy) is 1. The number of hydrogen-bond acceptors (Lipinski definition) is 3. The van der Waals surface area contributed by atoms with Crippen molar-refractivity contribution in [2.75, 3.05) is 26.3 Å². The van der Waals surface area contributed by atoms with Crippen LogP contribution in [0.15, 0.2) is 24.3 Å². The van der Waals surface area contributed by atoms with Gasteiger partial charge in [-0.2, -0.15) is 17.4 Å². The summed E-state index contributed by atoms with van der Waals surface area (Å²) in [5.41, 5.74) is 2.22. The predicted octanol–water partition coefficient (Wildman–Crippen LogP) is 1.48. The maximum absolute atomic E-state index is 12.3. The number of aryl methyl sites for hydroxylation is 1. The van der Waals surface area contributed by atoms with E-state index in [-0.39, 0.29) is 6.04 Å². The Hall–Kier alpha value is -0.950. The van der Waals surface area contributed by atoms with Gasteiger partial charge in [-0.1, -0.05) is 31.2 Å². The van der Waals surface area contributed by atoms with Crippen LogP contribution in [0.25, 0.3) is 0 Å². The van der Waals surface area contributed by atoms with Crippen molar-refractivity contribution in [2.45, 2.75) is 26.3 Å². The number of nitrogens with zero attached hydrogens (tertiary/aromatic N) is 1. The lowest BCUT2D eigenvalue weighted by Crippen LogP contribution is -2.47. The summed E-state index contributed by atoms with van der Waals surface area (Å²) in [6.45, 7) is 5.70. The first-order chi connectivity index (χ1) is 9.53. The second-order valence-electron chi connectivity index (χ2n) is 4.95. The van der Waals surface area contributed by atoms with Gasteiger partial charge in [0, 0.05) is 19.1 Å². The molecule has 1 aromatic rings. The van der Waals surface area contributed by atoms with Gasteiger partial charge >= 0.3 is 0 Å². The fourth-order valence-corrected chi connectivity index (χ4v) is 3.56. The van der Waals surface area contributed by atoms with Crippen LogP contribution >= 0.6 is 0 Å². The largest absolute Gasteiger partial charge is 0.379 e. The SMILES string of the molecule is CCc1ccc(C(C)NS(=O)(=O)N2CCOCC2)cc1. The highest BCUT2D eigenvalue weighted by molar-refractivity contribution is 7.87. The zero-order valence-electron chi connectivity index (χ0n) is 12.0. The first-order valence-corrected chi connectivity index (χ1v) is 8.41. The molecule has 0 amide bonds. The van der Waals surface area contributed by atoms with Crippen molar-refractivity contribution < 1.29 is 13.2 Å². The topological polar surface area (TPSA) is 58.6 Å². The molecule has 1 aliphatic heterocycles. The van der Waals surface area contributed by atoms with Gasteiger partial charge in [0.2, 0.25) is 0 Å². The van der Waals surface area contributed by atoms with E-state index >= 15 is 0 Å². The van der Waals surface area contributed by atoms with Crippen molar-refractivity contribution >= 4 is 10.2 Å². The van der Waals surface area contributed by atoms with E-state index in [0.29, 0.717) is 26.3 Å². The summed E-state index contributed by atoms with van der Waals surface area (Å²) >= 11 is 0. The van der Waals surface area contributed by atoms with Crippen LogP contribution in [0.3, 0.4) is 0 Å². The highest BCUT2D eigenvalue weighted by Crippen LogP contribution is 2.16. The molecule has 0 aromatic heterocycles. The summed E-state index contributed by atoms with van der Waals surface area (Å²) in [7, 11) is -3.44. The fraction of sp³-hybridized carbons (Fsp3) is 0.571. The Morgan fingerprint density at radius 1 is 1.25 bits per heavy atom. The Bertz CT molecular complexity index is 522. The van der Waals surface area contributed by atoms with E-state index in [1.165, 1.54) is 9.87 Å². The first-order valence-electron chi connectivity index (χ1n) is 6.97. The molecule has 1 fully saturated rings. The summed E-state index contributed by atoms with van der Waals surface area (Å²) in [6.07, 6.45) is 0.980. The molecule has 0 saturated carbocycles. The van der Waals surface area contributed by atoms with Crippen molar-refractivity contribution in [1.82, 2.24) is 9.03 Å². The standard InChI is InChI=1S/C14H22N2O3S/c1-3-13-4-6-14(7-5-13)12(2)15-20(17,18)16-8-10-19-11-9-16/h4-7,12,15H,3,8-11H2,1-2H3. The van der Waals surface area contributed by atoms with Crippen LogP contribution in [0.4, 0.5) is 0 Å². The highest BCUT2D eigenvalue weighted by atomic mass is 32.2. The Kier molecular flexibility index (Phi) is 5.15. The Labute approximate surface area is 121 Å². The van der Waals surface area contributed by atoms with Crippen LogP contribution < -0.4 is 4.72 Å². The smallest absolute Gasteiger partial charge is 0.280 e. The van der Waals surface area contributed by atoms with Gasteiger partial charge in [0.15, 0.2) is 0 Å². The zero-order chi connectivity index (χ0) is 14.6. The van der Waals surface area contributed by atoms with Crippen LogP contribution in [-0.4, -0.2) is 39.0 Å². The van der Waals surface area contributed by atoms with Gasteiger partial charge in [-0.05, 0) is 24.5 Å². The molecule has 1 atom stereocenters. The lowest BCUT2D eigenvalue weighted by atomic mass is 10.1. The maximum Gasteiger partial charge on any atom is 0.280 e.